The molecule has 4 aromatic carbocycles. The van der Waals surface area contributed by atoms with Crippen LogP contribution in [-0.4, -0.2) is 36.8 Å². The largest absolute Gasteiger partial charge is 0.488 e. The maximum atomic E-state index is 13.5. The van der Waals surface area contributed by atoms with Crippen LogP contribution in [0.25, 0.3) is 22.3 Å². The molecule has 8 heteroatoms. The molecule has 1 aromatic heterocycles. The molecule has 0 fully saturated rings. The van der Waals surface area contributed by atoms with E-state index in [0.29, 0.717) is 34.8 Å². The molecule has 0 saturated heterocycles. The highest BCUT2D eigenvalue weighted by Crippen LogP contribution is 2.33. The monoisotopic (exact) mass is 518 g/mol. The summed E-state index contributed by atoms with van der Waals surface area (Å²) in [6, 6.07) is 28.4. The molecule has 6 rings (SSSR count). The molecule has 39 heavy (non-hydrogen) atoms. The number of rotatable bonds is 7. The van der Waals surface area contributed by atoms with Crippen molar-refractivity contribution in [2.24, 2.45) is 5.10 Å². The second kappa shape index (κ2) is 10.3. The van der Waals surface area contributed by atoms with Crippen LogP contribution in [0.1, 0.15) is 11.1 Å². The van der Waals surface area contributed by atoms with Gasteiger partial charge in [-0.15, -0.1) is 0 Å². The maximum Gasteiger partial charge on any atom is 0.282 e. The van der Waals surface area contributed by atoms with E-state index in [1.54, 1.807) is 12.3 Å². The molecule has 0 atom stereocenters. The van der Waals surface area contributed by atoms with Crippen molar-refractivity contribution in [2.45, 2.75) is 6.61 Å². The highest BCUT2D eigenvalue weighted by Gasteiger charge is 2.15. The summed E-state index contributed by atoms with van der Waals surface area (Å²) >= 11 is 0. The van der Waals surface area contributed by atoms with E-state index in [0.717, 1.165) is 28.1 Å². The van der Waals surface area contributed by atoms with E-state index in [4.69, 9.17) is 19.2 Å². The normalized spacial score (nSPS) is 12.3. The highest BCUT2D eigenvalue weighted by atomic mass is 16.7. The van der Waals surface area contributed by atoms with Gasteiger partial charge in [-0.3, -0.25) is 4.79 Å². The lowest BCUT2D eigenvalue weighted by molar-refractivity contribution is 0.174. The zero-order valence-corrected chi connectivity index (χ0v) is 21.6. The van der Waals surface area contributed by atoms with Crippen molar-refractivity contribution in [2.75, 3.05) is 25.8 Å². The SMILES string of the molecule is CN(C)c1ccc(C=Nn2c(-c3ccccc3)nc3ccccc3c2=O)c(OCc2ccc3c(c2)OCO3)c1. The number of hydrogen-bond donors (Lipinski definition) is 0. The van der Waals surface area contributed by atoms with Gasteiger partial charge < -0.3 is 19.1 Å². The molecule has 0 radical (unpaired) electrons. The van der Waals surface area contributed by atoms with E-state index in [2.05, 4.69) is 5.10 Å². The van der Waals surface area contributed by atoms with Crippen LogP contribution in [0, 0.1) is 0 Å². The summed E-state index contributed by atoms with van der Waals surface area (Å²) in [7, 11) is 3.94. The number of ether oxygens (including phenoxy) is 3. The van der Waals surface area contributed by atoms with Crippen LogP contribution in [0.4, 0.5) is 5.69 Å². The third-order valence-corrected chi connectivity index (χ3v) is 6.44. The van der Waals surface area contributed by atoms with Gasteiger partial charge in [0.1, 0.15) is 12.4 Å². The fraction of sp³-hybridized carbons (Fsp3) is 0.129. The van der Waals surface area contributed by atoms with Crippen LogP contribution < -0.4 is 24.7 Å². The number of para-hydroxylation sites is 1. The molecule has 2 heterocycles. The fourth-order valence-corrected chi connectivity index (χ4v) is 4.35. The first kappa shape index (κ1) is 24.2. The molecule has 1 aliphatic heterocycles. The third kappa shape index (κ3) is 4.92. The molecule has 1 aliphatic rings. The molecule has 194 valence electrons. The van der Waals surface area contributed by atoms with E-state index in [-0.39, 0.29) is 12.4 Å². The smallest absolute Gasteiger partial charge is 0.282 e. The predicted octanol–water partition coefficient (Wildman–Crippen LogP) is 5.32. The van der Waals surface area contributed by atoms with Gasteiger partial charge in [-0.1, -0.05) is 48.5 Å². The zero-order valence-electron chi connectivity index (χ0n) is 21.6. The van der Waals surface area contributed by atoms with E-state index in [1.165, 1.54) is 4.68 Å². The van der Waals surface area contributed by atoms with Crippen molar-refractivity contribution >= 4 is 22.8 Å². The Labute approximate surface area is 225 Å². The first-order chi connectivity index (χ1) is 19.1. The van der Waals surface area contributed by atoms with Gasteiger partial charge >= 0.3 is 0 Å². The minimum Gasteiger partial charge on any atom is -0.488 e. The van der Waals surface area contributed by atoms with Gasteiger partial charge in [-0.2, -0.15) is 9.78 Å². The van der Waals surface area contributed by atoms with Gasteiger partial charge in [-0.05, 0) is 42.0 Å². The lowest BCUT2D eigenvalue weighted by Gasteiger charge is -2.16. The van der Waals surface area contributed by atoms with Crippen molar-refractivity contribution in [3.8, 4) is 28.6 Å². The van der Waals surface area contributed by atoms with Crippen molar-refractivity contribution < 1.29 is 14.2 Å². The number of anilines is 1. The molecule has 0 unspecified atom stereocenters. The van der Waals surface area contributed by atoms with E-state index >= 15 is 0 Å². The molecule has 5 aromatic rings. The minimum atomic E-state index is -0.247. The maximum absolute atomic E-state index is 13.5. The van der Waals surface area contributed by atoms with Crippen molar-refractivity contribution in [1.29, 1.82) is 0 Å². The number of hydrogen-bond acceptors (Lipinski definition) is 7. The Morgan fingerprint density at radius 3 is 2.59 bits per heavy atom. The second-order valence-corrected chi connectivity index (χ2v) is 9.27. The molecule has 0 spiro atoms. The zero-order chi connectivity index (χ0) is 26.8. The third-order valence-electron chi connectivity index (χ3n) is 6.44. The molecule has 0 bridgehead atoms. The predicted molar refractivity (Wildman–Crippen MR) is 152 cm³/mol. The molecule has 8 nitrogen and oxygen atoms in total. The first-order valence-corrected chi connectivity index (χ1v) is 12.5. The number of nitrogens with zero attached hydrogens (tertiary/aromatic N) is 4. The van der Waals surface area contributed by atoms with E-state index in [1.807, 2.05) is 104 Å². The molecule has 0 saturated carbocycles. The second-order valence-electron chi connectivity index (χ2n) is 9.27. The molecule has 0 N–H and O–H groups in total. The number of fused-ring (bicyclic) bond motifs is 2. The lowest BCUT2D eigenvalue weighted by atomic mass is 10.1. The summed E-state index contributed by atoms with van der Waals surface area (Å²) in [6.07, 6.45) is 1.64. The van der Waals surface area contributed by atoms with Crippen LogP contribution in [0.15, 0.2) is 101 Å². The van der Waals surface area contributed by atoms with Crippen LogP contribution in [0.2, 0.25) is 0 Å². The Morgan fingerprint density at radius 2 is 1.74 bits per heavy atom. The van der Waals surface area contributed by atoms with Gasteiger partial charge in [-0.25, -0.2) is 4.98 Å². The van der Waals surface area contributed by atoms with Gasteiger partial charge in [0.15, 0.2) is 17.3 Å². The number of benzene rings is 4. The summed E-state index contributed by atoms with van der Waals surface area (Å²) in [4.78, 5) is 20.3. The summed E-state index contributed by atoms with van der Waals surface area (Å²) in [6.45, 7) is 0.542. The summed E-state index contributed by atoms with van der Waals surface area (Å²) in [5.74, 6) is 2.52. The average molecular weight is 519 g/mol. The summed E-state index contributed by atoms with van der Waals surface area (Å²) < 4.78 is 18.5. The summed E-state index contributed by atoms with van der Waals surface area (Å²) in [5, 5.41) is 5.12. The molecule has 0 aliphatic carbocycles. The van der Waals surface area contributed by atoms with Crippen LogP contribution in [-0.2, 0) is 6.61 Å². The van der Waals surface area contributed by atoms with E-state index < -0.39 is 0 Å². The van der Waals surface area contributed by atoms with Crippen molar-refractivity contribution in [3.63, 3.8) is 0 Å². The molecular weight excluding hydrogens is 492 g/mol. The van der Waals surface area contributed by atoms with Gasteiger partial charge in [0.2, 0.25) is 6.79 Å². The Morgan fingerprint density at radius 1 is 0.949 bits per heavy atom. The minimum absolute atomic E-state index is 0.221. The van der Waals surface area contributed by atoms with Gasteiger partial charge in [0.25, 0.3) is 5.56 Å². The summed E-state index contributed by atoms with van der Waals surface area (Å²) in [5.41, 5.74) is 3.81. The quantitative estimate of drug-likeness (QED) is 0.272. The van der Waals surface area contributed by atoms with Crippen molar-refractivity contribution in [3.05, 3.63) is 112 Å². The highest BCUT2D eigenvalue weighted by molar-refractivity contribution is 5.85. The van der Waals surface area contributed by atoms with Crippen LogP contribution >= 0.6 is 0 Å². The fourth-order valence-electron chi connectivity index (χ4n) is 4.35. The Kier molecular flexibility index (Phi) is 6.42. The van der Waals surface area contributed by atoms with Crippen LogP contribution in [0.3, 0.4) is 0 Å². The standard InChI is InChI=1S/C31H26N4O4/c1-34(2)24-14-13-23(28(17-24)37-19-21-12-15-27-29(16-21)39-20-38-27)18-32-35-30(22-8-4-3-5-9-22)33-26-11-7-6-10-25(26)31(35)36/h3-18H,19-20H2,1-2H3. The van der Waals surface area contributed by atoms with E-state index in [9.17, 15) is 4.79 Å². The Hall–Kier alpha value is -5.11. The average Bonchev–Trinajstić information content (AvgIpc) is 3.44. The Balaban J connectivity index is 1.39. The lowest BCUT2D eigenvalue weighted by Crippen LogP contribution is -2.20. The van der Waals surface area contributed by atoms with Gasteiger partial charge in [0.05, 0.1) is 17.1 Å². The number of aromatic nitrogens is 2. The topological polar surface area (TPSA) is 78.2 Å². The molecular formula is C31H26N4O4. The van der Waals surface area contributed by atoms with Gasteiger partial charge in [0, 0.05) is 37.0 Å². The first-order valence-electron chi connectivity index (χ1n) is 12.5. The Bertz CT molecular complexity index is 1750. The van der Waals surface area contributed by atoms with Crippen molar-refractivity contribution in [1.82, 2.24) is 9.66 Å². The van der Waals surface area contributed by atoms with Crippen LogP contribution in [0.5, 0.6) is 17.2 Å². The molecule has 0 amide bonds.